The van der Waals surface area contributed by atoms with Gasteiger partial charge in [0.05, 0.1) is 18.0 Å². The Hall–Kier alpha value is -0.790. The molecule has 0 aromatic rings. The maximum absolute atomic E-state index is 4.44. The molecule has 2 nitrogen and oxygen atoms in total. The fraction of sp³-hybridized carbons (Fsp3) is 0.727. The van der Waals surface area contributed by atoms with Gasteiger partial charge < -0.3 is 5.32 Å². The van der Waals surface area contributed by atoms with Gasteiger partial charge in [-0.1, -0.05) is 20.8 Å². The molecule has 2 heterocycles. The third kappa shape index (κ3) is 1.62. The molecule has 0 saturated carbocycles. The molecule has 1 N–H and O–H groups in total. The molecule has 1 unspecified atom stereocenters. The molecule has 0 radical (unpaired) electrons. The number of allylic oxidation sites excluding steroid dienone is 1. The molecule has 0 aliphatic carbocycles. The average molecular weight is 178 g/mol. The molecular weight excluding hydrogens is 160 g/mol. The van der Waals surface area contributed by atoms with Gasteiger partial charge in [0, 0.05) is 6.04 Å². The predicted octanol–water partition coefficient (Wildman–Crippen LogP) is 2.12. The van der Waals surface area contributed by atoms with Gasteiger partial charge in [-0.3, -0.25) is 4.99 Å². The second-order valence-corrected chi connectivity index (χ2v) is 5.01. The fourth-order valence-corrected chi connectivity index (χ4v) is 2.00. The maximum atomic E-state index is 4.44. The van der Waals surface area contributed by atoms with Crippen LogP contribution in [0.2, 0.25) is 0 Å². The summed E-state index contributed by atoms with van der Waals surface area (Å²) in [5, 5.41) is 3.59. The Balaban J connectivity index is 2.10. The van der Waals surface area contributed by atoms with Gasteiger partial charge in [0.25, 0.3) is 0 Å². The van der Waals surface area contributed by atoms with Crippen LogP contribution in [0, 0.1) is 5.41 Å². The molecular formula is C11H18N2. The molecule has 72 valence electrons. The van der Waals surface area contributed by atoms with E-state index < -0.39 is 0 Å². The van der Waals surface area contributed by atoms with Crippen molar-refractivity contribution in [3.63, 3.8) is 0 Å². The highest BCUT2D eigenvalue weighted by Crippen LogP contribution is 2.28. The monoisotopic (exact) mass is 178 g/mol. The van der Waals surface area contributed by atoms with Crippen molar-refractivity contribution in [3.05, 3.63) is 11.8 Å². The number of hydrogen-bond donors (Lipinski definition) is 1. The minimum atomic E-state index is 0.356. The Morgan fingerprint density at radius 3 is 2.92 bits per heavy atom. The summed E-state index contributed by atoms with van der Waals surface area (Å²) >= 11 is 0. The summed E-state index contributed by atoms with van der Waals surface area (Å²) in [6.45, 7) is 7.77. The number of aliphatic imine (C=N–C) groups is 1. The van der Waals surface area contributed by atoms with Crippen LogP contribution >= 0.6 is 0 Å². The number of fused-ring (bicyclic) bond motifs is 1. The number of nitrogens with one attached hydrogen (secondary N) is 1. The lowest BCUT2D eigenvalue weighted by Gasteiger charge is -2.36. The molecule has 0 spiro atoms. The molecule has 13 heavy (non-hydrogen) atoms. The van der Waals surface area contributed by atoms with Crippen molar-refractivity contribution in [1.82, 2.24) is 5.32 Å². The van der Waals surface area contributed by atoms with Crippen molar-refractivity contribution in [3.8, 4) is 0 Å². The zero-order chi connectivity index (χ0) is 9.47. The molecule has 0 aromatic heterocycles. The quantitative estimate of drug-likeness (QED) is 0.603. The van der Waals surface area contributed by atoms with Crippen LogP contribution in [-0.2, 0) is 0 Å². The minimum absolute atomic E-state index is 0.356. The lowest BCUT2D eigenvalue weighted by molar-refractivity contribution is 0.269. The lowest BCUT2D eigenvalue weighted by atomic mass is 9.81. The fourth-order valence-electron chi connectivity index (χ4n) is 2.00. The molecule has 0 bridgehead atoms. The third-order valence-electron chi connectivity index (χ3n) is 2.93. The smallest absolute Gasteiger partial charge is 0.0597 e. The van der Waals surface area contributed by atoms with Crippen molar-refractivity contribution in [2.24, 2.45) is 10.4 Å². The second kappa shape index (κ2) is 2.86. The summed E-state index contributed by atoms with van der Waals surface area (Å²) in [6.07, 6.45) is 4.58. The van der Waals surface area contributed by atoms with Gasteiger partial charge in [-0.15, -0.1) is 0 Å². The van der Waals surface area contributed by atoms with Crippen LogP contribution in [-0.4, -0.2) is 18.3 Å². The topological polar surface area (TPSA) is 24.4 Å². The summed E-state index contributed by atoms with van der Waals surface area (Å²) in [4.78, 5) is 4.44. The standard InChI is InChI=1S/C11H18N2/c1-11(2,3)10-5-4-8-9(13-10)6-7-12-8/h6,10,13H,4-5,7H2,1-3H3. The molecule has 1 atom stereocenters. The lowest BCUT2D eigenvalue weighted by Crippen LogP contribution is -2.44. The molecule has 2 aliphatic rings. The predicted molar refractivity (Wildman–Crippen MR) is 56.0 cm³/mol. The first-order valence-corrected chi connectivity index (χ1v) is 5.08. The highest BCUT2D eigenvalue weighted by atomic mass is 15.0. The number of hydrogen-bond acceptors (Lipinski definition) is 2. The Morgan fingerprint density at radius 2 is 2.23 bits per heavy atom. The van der Waals surface area contributed by atoms with E-state index in [1.165, 1.54) is 17.8 Å². The maximum Gasteiger partial charge on any atom is 0.0597 e. The van der Waals surface area contributed by atoms with E-state index in [0.29, 0.717) is 11.5 Å². The van der Waals surface area contributed by atoms with Crippen LogP contribution in [0.3, 0.4) is 0 Å². The van der Waals surface area contributed by atoms with Crippen LogP contribution in [0.15, 0.2) is 16.8 Å². The van der Waals surface area contributed by atoms with Gasteiger partial charge in [0.15, 0.2) is 0 Å². The molecule has 2 rings (SSSR count). The van der Waals surface area contributed by atoms with E-state index in [2.05, 4.69) is 37.2 Å². The van der Waals surface area contributed by atoms with Crippen molar-refractivity contribution >= 4 is 5.71 Å². The van der Waals surface area contributed by atoms with Crippen LogP contribution < -0.4 is 5.32 Å². The van der Waals surface area contributed by atoms with Crippen LogP contribution in [0.1, 0.15) is 33.6 Å². The van der Waals surface area contributed by atoms with Gasteiger partial charge in [0.1, 0.15) is 0 Å². The molecule has 0 amide bonds. The summed E-state index contributed by atoms with van der Waals surface area (Å²) in [5.41, 5.74) is 2.95. The van der Waals surface area contributed by atoms with Gasteiger partial charge in [0.2, 0.25) is 0 Å². The molecule has 0 aromatic carbocycles. The van der Waals surface area contributed by atoms with Crippen LogP contribution in [0.5, 0.6) is 0 Å². The Kier molecular flexibility index (Phi) is 1.94. The average Bonchev–Trinajstić information content (AvgIpc) is 2.47. The minimum Gasteiger partial charge on any atom is -0.381 e. The van der Waals surface area contributed by atoms with E-state index in [1.807, 2.05) is 0 Å². The normalized spacial score (nSPS) is 27.5. The van der Waals surface area contributed by atoms with Crippen molar-refractivity contribution < 1.29 is 0 Å². The molecule has 2 aliphatic heterocycles. The Labute approximate surface area is 80.1 Å². The Morgan fingerprint density at radius 1 is 1.46 bits per heavy atom. The van der Waals surface area contributed by atoms with E-state index in [0.717, 1.165) is 13.0 Å². The van der Waals surface area contributed by atoms with E-state index in [1.54, 1.807) is 0 Å². The number of nitrogens with zero attached hydrogens (tertiary/aromatic N) is 1. The van der Waals surface area contributed by atoms with E-state index in [4.69, 9.17) is 0 Å². The van der Waals surface area contributed by atoms with Crippen LogP contribution in [0.4, 0.5) is 0 Å². The third-order valence-corrected chi connectivity index (χ3v) is 2.93. The van der Waals surface area contributed by atoms with Crippen molar-refractivity contribution in [2.45, 2.75) is 39.7 Å². The van der Waals surface area contributed by atoms with Gasteiger partial charge in [-0.25, -0.2) is 0 Å². The highest BCUT2D eigenvalue weighted by Gasteiger charge is 2.30. The van der Waals surface area contributed by atoms with Gasteiger partial charge >= 0.3 is 0 Å². The van der Waals surface area contributed by atoms with Gasteiger partial charge in [-0.05, 0) is 24.3 Å². The molecule has 1 saturated heterocycles. The summed E-state index contributed by atoms with van der Waals surface area (Å²) in [7, 11) is 0. The summed E-state index contributed by atoms with van der Waals surface area (Å²) in [5.74, 6) is 0. The largest absolute Gasteiger partial charge is 0.381 e. The molecule has 1 fully saturated rings. The van der Waals surface area contributed by atoms with Crippen LogP contribution in [0.25, 0.3) is 0 Å². The van der Waals surface area contributed by atoms with E-state index >= 15 is 0 Å². The first kappa shape index (κ1) is 8.79. The molecule has 2 heteroatoms. The number of rotatable bonds is 0. The van der Waals surface area contributed by atoms with Crippen molar-refractivity contribution in [1.29, 1.82) is 0 Å². The second-order valence-electron chi connectivity index (χ2n) is 5.01. The first-order valence-electron chi connectivity index (χ1n) is 5.08. The van der Waals surface area contributed by atoms with E-state index in [-0.39, 0.29) is 0 Å². The van der Waals surface area contributed by atoms with Gasteiger partial charge in [-0.2, -0.15) is 0 Å². The summed E-state index contributed by atoms with van der Waals surface area (Å²) in [6, 6.07) is 0.607. The van der Waals surface area contributed by atoms with Crippen molar-refractivity contribution in [2.75, 3.05) is 6.54 Å². The first-order chi connectivity index (χ1) is 6.07. The SMILES string of the molecule is CC(C)(C)C1CCC2=NCC=C2N1. The van der Waals surface area contributed by atoms with E-state index in [9.17, 15) is 0 Å². The highest BCUT2D eigenvalue weighted by molar-refractivity contribution is 6.02. The zero-order valence-electron chi connectivity index (χ0n) is 8.72. The Bertz CT molecular complexity index is 268. The number of piperidine rings is 1. The zero-order valence-corrected chi connectivity index (χ0v) is 8.72. The summed E-state index contributed by atoms with van der Waals surface area (Å²) < 4.78 is 0.